The number of anilines is 1. The van der Waals surface area contributed by atoms with Gasteiger partial charge in [-0.1, -0.05) is 18.2 Å². The van der Waals surface area contributed by atoms with E-state index in [1.165, 1.54) is 18.5 Å². The first-order valence-electron chi connectivity index (χ1n) is 9.42. The van der Waals surface area contributed by atoms with Crippen molar-refractivity contribution in [2.24, 2.45) is 0 Å². The van der Waals surface area contributed by atoms with E-state index in [0.29, 0.717) is 28.1 Å². The van der Waals surface area contributed by atoms with Gasteiger partial charge in [0.15, 0.2) is 11.5 Å². The molecule has 1 unspecified atom stereocenters. The highest BCUT2D eigenvalue weighted by molar-refractivity contribution is 5.82. The van der Waals surface area contributed by atoms with Gasteiger partial charge in [-0.25, -0.2) is 19.3 Å². The van der Waals surface area contributed by atoms with E-state index >= 15 is 0 Å². The lowest BCUT2D eigenvalue weighted by molar-refractivity contribution is 0.628. The van der Waals surface area contributed by atoms with Crippen LogP contribution in [0.2, 0.25) is 0 Å². The number of H-pyrrole nitrogens is 1. The van der Waals surface area contributed by atoms with Crippen LogP contribution in [0.3, 0.4) is 0 Å². The number of rotatable bonds is 4. The molecule has 0 radical (unpaired) electrons. The zero-order valence-electron chi connectivity index (χ0n) is 16.0. The Morgan fingerprint density at radius 1 is 1.10 bits per heavy atom. The summed E-state index contributed by atoms with van der Waals surface area (Å²) in [6, 6.07) is 13.2. The van der Waals surface area contributed by atoms with Gasteiger partial charge in [0.2, 0.25) is 0 Å². The average molecular weight is 400 g/mol. The van der Waals surface area contributed by atoms with Crippen LogP contribution in [-0.2, 0) is 0 Å². The number of imidazole rings is 1. The first kappa shape index (κ1) is 18.0. The van der Waals surface area contributed by atoms with Crippen LogP contribution in [0.5, 0.6) is 0 Å². The zero-order valence-corrected chi connectivity index (χ0v) is 16.0. The van der Waals surface area contributed by atoms with Crippen molar-refractivity contribution in [1.82, 2.24) is 24.3 Å². The van der Waals surface area contributed by atoms with E-state index in [4.69, 9.17) is 0 Å². The third kappa shape index (κ3) is 2.98. The predicted molar refractivity (Wildman–Crippen MR) is 113 cm³/mol. The van der Waals surface area contributed by atoms with Crippen LogP contribution >= 0.6 is 0 Å². The molecule has 2 N–H and O–H groups in total. The van der Waals surface area contributed by atoms with Crippen LogP contribution in [-0.4, -0.2) is 24.3 Å². The number of hydrogen-bond donors (Lipinski definition) is 2. The summed E-state index contributed by atoms with van der Waals surface area (Å²) in [5, 5.41) is 3.33. The molecule has 0 spiro atoms. The number of fused-ring (bicyclic) bond motifs is 2. The fourth-order valence-corrected chi connectivity index (χ4v) is 3.66. The van der Waals surface area contributed by atoms with E-state index in [9.17, 15) is 9.18 Å². The molecule has 4 aromatic heterocycles. The SMILES string of the molecule is CC(Nc1ncnc2[nH]cnc12)c1cc2ccccn2c(=O)c1-c1cccc(F)c1. The smallest absolute Gasteiger partial charge is 0.263 e. The Bertz CT molecular complexity index is 1440. The molecule has 0 saturated heterocycles. The van der Waals surface area contributed by atoms with Crippen LogP contribution in [0.4, 0.5) is 10.2 Å². The Kier molecular flexibility index (Phi) is 4.24. The molecule has 7 nitrogen and oxygen atoms in total. The van der Waals surface area contributed by atoms with E-state index in [1.54, 1.807) is 35.1 Å². The maximum absolute atomic E-state index is 14.0. The summed E-state index contributed by atoms with van der Waals surface area (Å²) in [6.07, 6.45) is 4.70. The van der Waals surface area contributed by atoms with Crippen LogP contribution in [0.25, 0.3) is 27.8 Å². The van der Waals surface area contributed by atoms with Gasteiger partial charge < -0.3 is 10.3 Å². The summed E-state index contributed by atoms with van der Waals surface area (Å²) in [4.78, 5) is 29.0. The highest BCUT2D eigenvalue weighted by Crippen LogP contribution is 2.30. The van der Waals surface area contributed by atoms with Crippen molar-refractivity contribution in [1.29, 1.82) is 0 Å². The second-order valence-electron chi connectivity index (χ2n) is 6.97. The zero-order chi connectivity index (χ0) is 20.7. The molecular weight excluding hydrogens is 383 g/mol. The molecule has 4 heterocycles. The summed E-state index contributed by atoms with van der Waals surface area (Å²) in [6.45, 7) is 1.93. The molecule has 1 aromatic carbocycles. The third-order valence-electron chi connectivity index (χ3n) is 5.07. The summed E-state index contributed by atoms with van der Waals surface area (Å²) in [7, 11) is 0. The van der Waals surface area contributed by atoms with E-state index in [0.717, 1.165) is 11.1 Å². The Balaban J connectivity index is 1.70. The number of nitrogens with one attached hydrogen (secondary N) is 2. The molecule has 148 valence electrons. The molecule has 30 heavy (non-hydrogen) atoms. The molecule has 8 heteroatoms. The van der Waals surface area contributed by atoms with Gasteiger partial charge in [-0.05, 0) is 48.4 Å². The first-order valence-corrected chi connectivity index (χ1v) is 9.42. The normalized spacial score (nSPS) is 12.3. The predicted octanol–water partition coefficient (Wildman–Crippen LogP) is 3.95. The van der Waals surface area contributed by atoms with Crippen LogP contribution in [0.15, 0.2) is 72.2 Å². The lowest BCUT2D eigenvalue weighted by atomic mass is 9.96. The Morgan fingerprint density at radius 2 is 2.00 bits per heavy atom. The van der Waals surface area contributed by atoms with E-state index in [2.05, 4.69) is 25.3 Å². The van der Waals surface area contributed by atoms with Crippen molar-refractivity contribution in [3.63, 3.8) is 0 Å². The molecular formula is C22H17FN6O. The van der Waals surface area contributed by atoms with Crippen molar-refractivity contribution < 1.29 is 4.39 Å². The van der Waals surface area contributed by atoms with Gasteiger partial charge in [-0.3, -0.25) is 9.20 Å². The highest BCUT2D eigenvalue weighted by atomic mass is 19.1. The quantitative estimate of drug-likeness (QED) is 0.477. The average Bonchev–Trinajstić information content (AvgIpc) is 3.23. The molecule has 0 saturated carbocycles. The van der Waals surface area contributed by atoms with Crippen molar-refractivity contribution in [3.8, 4) is 11.1 Å². The maximum atomic E-state index is 14.0. The van der Waals surface area contributed by atoms with Crippen LogP contribution in [0, 0.1) is 5.82 Å². The minimum Gasteiger partial charge on any atom is -0.362 e. The van der Waals surface area contributed by atoms with E-state index in [-0.39, 0.29) is 11.6 Å². The molecule has 0 fully saturated rings. The molecule has 0 aliphatic heterocycles. The first-order chi connectivity index (χ1) is 14.6. The Morgan fingerprint density at radius 3 is 2.87 bits per heavy atom. The summed E-state index contributed by atoms with van der Waals surface area (Å²) >= 11 is 0. The minimum absolute atomic E-state index is 0.213. The lowest BCUT2D eigenvalue weighted by Gasteiger charge is -2.20. The van der Waals surface area contributed by atoms with Crippen LogP contribution < -0.4 is 10.9 Å². The van der Waals surface area contributed by atoms with Crippen molar-refractivity contribution in [2.45, 2.75) is 13.0 Å². The Hall–Kier alpha value is -4.07. The van der Waals surface area contributed by atoms with Crippen molar-refractivity contribution >= 4 is 22.5 Å². The van der Waals surface area contributed by atoms with Gasteiger partial charge >= 0.3 is 0 Å². The van der Waals surface area contributed by atoms with E-state index < -0.39 is 5.82 Å². The number of hydrogen-bond acceptors (Lipinski definition) is 5. The van der Waals surface area contributed by atoms with E-state index in [1.807, 2.05) is 25.1 Å². The van der Waals surface area contributed by atoms with Crippen molar-refractivity contribution in [2.75, 3.05) is 5.32 Å². The lowest BCUT2D eigenvalue weighted by Crippen LogP contribution is -2.21. The van der Waals surface area contributed by atoms with Crippen molar-refractivity contribution in [3.05, 3.63) is 89.1 Å². The second-order valence-corrected chi connectivity index (χ2v) is 6.97. The van der Waals surface area contributed by atoms with Crippen LogP contribution in [0.1, 0.15) is 18.5 Å². The van der Waals surface area contributed by atoms with Gasteiger partial charge in [-0.2, -0.15) is 0 Å². The second kappa shape index (κ2) is 7.07. The number of benzene rings is 1. The largest absolute Gasteiger partial charge is 0.362 e. The third-order valence-corrected chi connectivity index (χ3v) is 5.07. The topological polar surface area (TPSA) is 88.0 Å². The fraction of sp³-hybridized carbons (Fsp3) is 0.0909. The molecule has 0 bridgehead atoms. The number of aromatic amines is 1. The van der Waals surface area contributed by atoms with Gasteiger partial charge in [0.05, 0.1) is 17.9 Å². The molecule has 0 aliphatic carbocycles. The van der Waals surface area contributed by atoms with Gasteiger partial charge in [0.1, 0.15) is 17.7 Å². The summed E-state index contributed by atoms with van der Waals surface area (Å²) in [5.41, 5.74) is 3.45. The molecule has 1 atom stereocenters. The highest BCUT2D eigenvalue weighted by Gasteiger charge is 2.19. The molecule has 0 amide bonds. The fourth-order valence-electron chi connectivity index (χ4n) is 3.66. The number of nitrogens with zero attached hydrogens (tertiary/aromatic N) is 4. The number of pyridine rings is 2. The van der Waals surface area contributed by atoms with Gasteiger partial charge in [-0.15, -0.1) is 0 Å². The number of halogens is 1. The standard InChI is InChI=1S/C22H17FN6O/c1-13(28-21-19-20(25-11-24-19)26-12-27-21)17-10-16-7-2-3-8-29(16)22(30)18(17)14-5-4-6-15(23)9-14/h2-13H,1H3,(H2,24,25,26,27,28). The summed E-state index contributed by atoms with van der Waals surface area (Å²) < 4.78 is 15.5. The Labute approximate surface area is 170 Å². The molecule has 0 aliphatic rings. The van der Waals surface area contributed by atoms with Gasteiger partial charge in [0.25, 0.3) is 5.56 Å². The minimum atomic E-state index is -0.398. The molecule has 5 rings (SSSR count). The molecule has 5 aromatic rings. The van der Waals surface area contributed by atoms with Gasteiger partial charge in [0, 0.05) is 11.7 Å². The monoisotopic (exact) mass is 400 g/mol. The number of aromatic nitrogens is 5. The summed E-state index contributed by atoms with van der Waals surface area (Å²) in [5.74, 6) is 0.151. The maximum Gasteiger partial charge on any atom is 0.263 e.